The summed E-state index contributed by atoms with van der Waals surface area (Å²) < 4.78 is 23.3. The van der Waals surface area contributed by atoms with Crippen molar-refractivity contribution < 1.29 is 33.3 Å². The van der Waals surface area contributed by atoms with Crippen molar-refractivity contribution in [3.05, 3.63) is 72.1 Å². The third-order valence-corrected chi connectivity index (χ3v) is 7.31. The van der Waals surface area contributed by atoms with Crippen molar-refractivity contribution in [1.29, 1.82) is 0 Å². The van der Waals surface area contributed by atoms with Gasteiger partial charge in [-0.2, -0.15) is 5.10 Å². The maximum atomic E-state index is 13.1. The zero-order valence-electron chi connectivity index (χ0n) is 26.6. The Bertz CT molecular complexity index is 1710. The van der Waals surface area contributed by atoms with Gasteiger partial charge in [0, 0.05) is 56.2 Å². The monoisotopic (exact) mass is 630 g/mol. The van der Waals surface area contributed by atoms with Crippen LogP contribution in [0.3, 0.4) is 0 Å². The van der Waals surface area contributed by atoms with Crippen LogP contribution in [0.1, 0.15) is 41.6 Å². The molecule has 2 aromatic heterocycles. The lowest BCUT2D eigenvalue weighted by atomic mass is 10.1. The number of nitrogens with one attached hydrogen (secondary N) is 1. The molecule has 0 aliphatic carbocycles. The summed E-state index contributed by atoms with van der Waals surface area (Å²) in [6.07, 6.45) is 1.34. The van der Waals surface area contributed by atoms with Crippen LogP contribution < -0.4 is 14.8 Å². The van der Waals surface area contributed by atoms with E-state index in [0.29, 0.717) is 61.1 Å². The molecular formula is C33H38N6O7. The van der Waals surface area contributed by atoms with Crippen LogP contribution >= 0.6 is 0 Å². The summed E-state index contributed by atoms with van der Waals surface area (Å²) in [5, 5.41) is 7.31. The molecule has 0 radical (unpaired) electrons. The molecule has 1 aliphatic heterocycles. The summed E-state index contributed by atoms with van der Waals surface area (Å²) in [6, 6.07) is 15.4. The molecule has 5 rings (SSSR count). The number of piperazine rings is 1. The normalized spacial score (nSPS) is 13.7. The topological polar surface area (TPSA) is 137 Å². The fourth-order valence-corrected chi connectivity index (χ4v) is 4.94. The van der Waals surface area contributed by atoms with Crippen LogP contribution in [0.5, 0.6) is 11.5 Å². The van der Waals surface area contributed by atoms with E-state index in [1.54, 1.807) is 72.3 Å². The number of hydrogen-bond acceptors (Lipinski definition) is 10. The van der Waals surface area contributed by atoms with E-state index in [1.165, 1.54) is 0 Å². The minimum absolute atomic E-state index is 0.177. The summed E-state index contributed by atoms with van der Waals surface area (Å²) >= 11 is 0. The summed E-state index contributed by atoms with van der Waals surface area (Å²) in [7, 11) is 3.14. The second-order valence-electron chi connectivity index (χ2n) is 11.7. The average Bonchev–Trinajstić information content (AvgIpc) is 3.49. The van der Waals surface area contributed by atoms with Gasteiger partial charge in [-0.1, -0.05) is 0 Å². The predicted octanol–water partition coefficient (Wildman–Crippen LogP) is 4.38. The van der Waals surface area contributed by atoms with Gasteiger partial charge in [-0.25, -0.2) is 19.1 Å². The second-order valence-corrected chi connectivity index (χ2v) is 11.7. The summed E-state index contributed by atoms with van der Waals surface area (Å²) in [6.45, 7) is 8.77. The maximum Gasteiger partial charge on any atom is 0.410 e. The summed E-state index contributed by atoms with van der Waals surface area (Å²) in [4.78, 5) is 46.1. The number of carbonyl (C=O) groups excluding carboxylic acids is 3. The van der Waals surface area contributed by atoms with Gasteiger partial charge in [0.25, 0.3) is 5.91 Å². The first-order valence-corrected chi connectivity index (χ1v) is 14.9. The highest BCUT2D eigenvalue weighted by atomic mass is 16.6. The van der Waals surface area contributed by atoms with E-state index in [4.69, 9.17) is 18.9 Å². The van der Waals surface area contributed by atoms with Crippen molar-refractivity contribution in [1.82, 2.24) is 24.4 Å². The van der Waals surface area contributed by atoms with Gasteiger partial charge in [-0.05, 0) is 69.3 Å². The third kappa shape index (κ3) is 7.72. The van der Waals surface area contributed by atoms with E-state index in [2.05, 4.69) is 20.3 Å². The first-order valence-electron chi connectivity index (χ1n) is 14.9. The van der Waals surface area contributed by atoms with Crippen molar-refractivity contribution in [3.63, 3.8) is 0 Å². The minimum atomic E-state index is -0.530. The van der Waals surface area contributed by atoms with Crippen LogP contribution in [0.4, 0.5) is 10.5 Å². The summed E-state index contributed by atoms with van der Waals surface area (Å²) in [5.41, 5.74) is 2.53. The number of benzene rings is 2. The molecular weight excluding hydrogens is 592 g/mol. The van der Waals surface area contributed by atoms with Crippen LogP contribution in [0.2, 0.25) is 0 Å². The maximum absolute atomic E-state index is 13.1. The first-order chi connectivity index (χ1) is 22.0. The van der Waals surface area contributed by atoms with Gasteiger partial charge in [-0.3, -0.25) is 9.69 Å². The lowest BCUT2D eigenvalue weighted by molar-refractivity contribution is 0.0120. The van der Waals surface area contributed by atoms with Crippen LogP contribution in [-0.4, -0.2) is 102 Å². The highest BCUT2D eigenvalue weighted by molar-refractivity contribution is 6.03. The lowest BCUT2D eigenvalue weighted by Gasteiger charge is -2.35. The van der Waals surface area contributed by atoms with Crippen molar-refractivity contribution >= 4 is 29.3 Å². The number of anilines is 1. The zero-order chi connectivity index (χ0) is 32.8. The van der Waals surface area contributed by atoms with Crippen LogP contribution in [0.25, 0.3) is 16.9 Å². The van der Waals surface area contributed by atoms with Crippen molar-refractivity contribution in [3.8, 4) is 22.8 Å². The predicted molar refractivity (Wildman–Crippen MR) is 170 cm³/mol. The number of aromatic nitrogens is 3. The van der Waals surface area contributed by atoms with Crippen LogP contribution in [-0.2, 0) is 9.47 Å². The molecule has 13 heteroatoms. The largest absolute Gasteiger partial charge is 0.493 e. The minimum Gasteiger partial charge on any atom is -0.493 e. The molecule has 1 N–H and O–H groups in total. The fraction of sp³-hybridized carbons (Fsp3) is 0.364. The van der Waals surface area contributed by atoms with Gasteiger partial charge in [0.15, 0.2) is 22.8 Å². The molecule has 2 amide bonds. The Morgan fingerprint density at radius 2 is 1.61 bits per heavy atom. The van der Waals surface area contributed by atoms with E-state index < -0.39 is 17.5 Å². The molecule has 2 aromatic carbocycles. The fourth-order valence-electron chi connectivity index (χ4n) is 4.94. The van der Waals surface area contributed by atoms with Crippen molar-refractivity contribution in [2.45, 2.75) is 26.4 Å². The number of ether oxygens (including phenoxy) is 4. The molecule has 0 spiro atoms. The number of esters is 1. The zero-order valence-corrected chi connectivity index (χ0v) is 26.6. The molecule has 13 nitrogen and oxygen atoms in total. The molecule has 1 aliphatic rings. The number of amides is 2. The molecule has 0 saturated carbocycles. The number of methoxy groups -OCH3 is 2. The van der Waals surface area contributed by atoms with E-state index in [1.807, 2.05) is 32.9 Å². The van der Waals surface area contributed by atoms with Gasteiger partial charge in [0.1, 0.15) is 12.2 Å². The highest BCUT2D eigenvalue weighted by Gasteiger charge is 2.26. The van der Waals surface area contributed by atoms with Gasteiger partial charge in [0.05, 0.1) is 25.5 Å². The molecule has 242 valence electrons. The Morgan fingerprint density at radius 3 is 2.28 bits per heavy atom. The highest BCUT2D eigenvalue weighted by Crippen LogP contribution is 2.32. The van der Waals surface area contributed by atoms with E-state index in [0.717, 1.165) is 11.3 Å². The molecule has 1 saturated heterocycles. The van der Waals surface area contributed by atoms with E-state index >= 15 is 0 Å². The molecule has 3 heterocycles. The van der Waals surface area contributed by atoms with E-state index in [9.17, 15) is 14.4 Å². The Labute approximate surface area is 267 Å². The lowest BCUT2D eigenvalue weighted by Crippen LogP contribution is -2.50. The molecule has 46 heavy (non-hydrogen) atoms. The Morgan fingerprint density at radius 1 is 0.891 bits per heavy atom. The second kappa shape index (κ2) is 13.9. The van der Waals surface area contributed by atoms with Crippen LogP contribution in [0.15, 0.2) is 60.8 Å². The van der Waals surface area contributed by atoms with Crippen LogP contribution in [0, 0.1) is 0 Å². The smallest absolute Gasteiger partial charge is 0.410 e. The van der Waals surface area contributed by atoms with Gasteiger partial charge >= 0.3 is 12.1 Å². The number of fused-ring (bicyclic) bond motifs is 1. The Hall–Kier alpha value is -5.17. The SMILES string of the molecule is COc1ccc(-c2ccnc3cc(C(=O)Nc4ccc(C(=O)OCCN5CCN(C(=O)OC(C)(C)C)CC5)cc4)nn23)cc1OC. The standard InChI is InChI=1S/C33H38N6O7/c1-33(2,3)46-32(42)38-16-14-37(15-17-38)18-19-45-31(41)22-6-9-24(10-7-22)35-30(40)25-21-29-34-13-12-26(39(29)36-25)23-8-11-27(43-4)28(20-23)44-5/h6-13,20-21H,14-19H2,1-5H3,(H,35,40). The Kier molecular flexibility index (Phi) is 9.71. The summed E-state index contributed by atoms with van der Waals surface area (Å²) in [5.74, 6) is 0.284. The van der Waals surface area contributed by atoms with E-state index in [-0.39, 0.29) is 18.4 Å². The van der Waals surface area contributed by atoms with Gasteiger partial charge in [-0.15, -0.1) is 0 Å². The molecule has 4 aromatic rings. The number of nitrogens with zero attached hydrogens (tertiary/aromatic N) is 5. The quantitative estimate of drug-likeness (QED) is 0.265. The number of rotatable bonds is 9. The van der Waals surface area contributed by atoms with Crippen molar-refractivity contribution in [2.24, 2.45) is 0 Å². The number of hydrogen-bond donors (Lipinski definition) is 1. The van der Waals surface area contributed by atoms with Gasteiger partial charge < -0.3 is 29.2 Å². The van der Waals surface area contributed by atoms with Gasteiger partial charge in [0.2, 0.25) is 0 Å². The Balaban J connectivity index is 1.13. The first kappa shape index (κ1) is 32.2. The third-order valence-electron chi connectivity index (χ3n) is 7.31. The average molecular weight is 631 g/mol. The number of carbonyl (C=O) groups is 3. The molecule has 0 bridgehead atoms. The molecule has 0 unspecified atom stereocenters. The van der Waals surface area contributed by atoms with Crippen molar-refractivity contribution in [2.75, 3.05) is 58.9 Å². The molecule has 0 atom stereocenters. The molecule has 1 fully saturated rings.